The Morgan fingerprint density at radius 2 is 1.93 bits per heavy atom. The van der Waals surface area contributed by atoms with E-state index in [0.717, 1.165) is 4.88 Å². The van der Waals surface area contributed by atoms with Crippen molar-refractivity contribution < 1.29 is 4.39 Å². The van der Waals surface area contributed by atoms with Gasteiger partial charge in [0.1, 0.15) is 5.82 Å². The van der Waals surface area contributed by atoms with E-state index in [1.54, 1.807) is 12.1 Å². The van der Waals surface area contributed by atoms with E-state index in [9.17, 15) is 4.39 Å². The van der Waals surface area contributed by atoms with Crippen LogP contribution in [0.15, 0.2) is 24.3 Å². The molecule has 15 heavy (non-hydrogen) atoms. The molecule has 2 N–H and O–H groups in total. The van der Waals surface area contributed by atoms with E-state index >= 15 is 0 Å². The van der Waals surface area contributed by atoms with Crippen molar-refractivity contribution in [2.75, 3.05) is 5.73 Å². The van der Waals surface area contributed by atoms with Crippen LogP contribution in [0.3, 0.4) is 0 Å². The van der Waals surface area contributed by atoms with Crippen LogP contribution in [-0.4, -0.2) is 0 Å². The van der Waals surface area contributed by atoms with Gasteiger partial charge in [-0.05, 0) is 24.3 Å². The van der Waals surface area contributed by atoms with Crippen molar-refractivity contribution in [1.29, 1.82) is 0 Å². The average Bonchev–Trinajstić information content (AvgIpc) is 2.58. The molecule has 0 unspecified atom stereocenters. The maximum absolute atomic E-state index is 13.1. The molecule has 0 radical (unpaired) electrons. The summed E-state index contributed by atoms with van der Waals surface area (Å²) in [6, 6.07) is 6.06. The molecule has 2 rings (SSSR count). The van der Waals surface area contributed by atoms with Gasteiger partial charge in [0, 0.05) is 10.4 Å². The molecule has 1 heterocycles. The molecule has 0 bridgehead atoms. The highest BCUT2D eigenvalue weighted by atomic mass is 35.5. The van der Waals surface area contributed by atoms with Crippen molar-refractivity contribution in [3.8, 4) is 10.4 Å². The van der Waals surface area contributed by atoms with Crippen LogP contribution < -0.4 is 5.73 Å². The van der Waals surface area contributed by atoms with Crippen LogP contribution in [0.25, 0.3) is 10.4 Å². The van der Waals surface area contributed by atoms with Gasteiger partial charge in [0.25, 0.3) is 0 Å². The molecule has 0 spiro atoms. The van der Waals surface area contributed by atoms with Crippen LogP contribution in [0.4, 0.5) is 10.1 Å². The molecule has 0 aliphatic heterocycles. The van der Waals surface area contributed by atoms with Gasteiger partial charge in [-0.15, -0.1) is 11.3 Å². The molecule has 5 heteroatoms. The summed E-state index contributed by atoms with van der Waals surface area (Å²) in [4.78, 5) is 0.805. The molecule has 2 aromatic rings. The minimum Gasteiger partial charge on any atom is -0.397 e. The Morgan fingerprint density at radius 1 is 1.20 bits per heavy atom. The van der Waals surface area contributed by atoms with Crippen molar-refractivity contribution in [3.63, 3.8) is 0 Å². The van der Waals surface area contributed by atoms with Crippen LogP contribution in [0.5, 0.6) is 0 Å². The molecule has 0 aliphatic rings. The number of hydrogen-bond acceptors (Lipinski definition) is 2. The molecule has 0 saturated heterocycles. The number of nitrogens with two attached hydrogens (primary N) is 1. The highest BCUT2D eigenvalue weighted by molar-refractivity contribution is 7.19. The summed E-state index contributed by atoms with van der Waals surface area (Å²) in [5, 5.41) is 0.217. The summed E-state index contributed by atoms with van der Waals surface area (Å²) in [5.41, 5.74) is 6.71. The monoisotopic (exact) mass is 261 g/mol. The quantitative estimate of drug-likeness (QED) is 0.755. The zero-order chi connectivity index (χ0) is 11.0. The number of thiophene rings is 1. The number of benzene rings is 1. The third-order valence-corrected chi connectivity index (χ3v) is 3.51. The van der Waals surface area contributed by atoms with Crippen molar-refractivity contribution in [3.05, 3.63) is 39.4 Å². The average molecular weight is 262 g/mol. The van der Waals surface area contributed by atoms with Crippen LogP contribution in [0.1, 0.15) is 0 Å². The third-order valence-electron chi connectivity index (χ3n) is 1.93. The Hall–Kier alpha value is -0.770. The van der Waals surface area contributed by atoms with Crippen LogP contribution in [0, 0.1) is 5.82 Å². The lowest BCUT2D eigenvalue weighted by Gasteiger charge is -2.05. The highest BCUT2D eigenvalue weighted by Gasteiger charge is 2.10. The van der Waals surface area contributed by atoms with Crippen molar-refractivity contribution in [2.45, 2.75) is 0 Å². The van der Waals surface area contributed by atoms with Crippen LogP contribution in [-0.2, 0) is 0 Å². The SMILES string of the molecule is Nc1c(Cl)cc(F)cc1-c1ccc(Cl)s1. The maximum Gasteiger partial charge on any atom is 0.125 e. The lowest BCUT2D eigenvalue weighted by molar-refractivity contribution is 0.628. The maximum atomic E-state index is 13.1. The molecule has 1 nitrogen and oxygen atoms in total. The molecular weight excluding hydrogens is 256 g/mol. The van der Waals surface area contributed by atoms with Gasteiger partial charge in [-0.2, -0.15) is 0 Å². The van der Waals surface area contributed by atoms with Gasteiger partial charge in [0.2, 0.25) is 0 Å². The van der Waals surface area contributed by atoms with Crippen molar-refractivity contribution in [1.82, 2.24) is 0 Å². The lowest BCUT2D eigenvalue weighted by atomic mass is 10.1. The van der Waals surface area contributed by atoms with E-state index in [1.807, 2.05) is 0 Å². The normalized spacial score (nSPS) is 10.6. The fourth-order valence-electron chi connectivity index (χ4n) is 1.25. The van der Waals surface area contributed by atoms with Crippen LogP contribution >= 0.6 is 34.5 Å². The fraction of sp³-hybridized carbons (Fsp3) is 0. The van der Waals surface area contributed by atoms with Gasteiger partial charge < -0.3 is 5.73 Å². The summed E-state index contributed by atoms with van der Waals surface area (Å²) in [7, 11) is 0. The number of nitrogen functional groups attached to an aromatic ring is 1. The van der Waals surface area contributed by atoms with Gasteiger partial charge in [-0.1, -0.05) is 23.2 Å². The standard InChI is InChI=1S/C10H6Cl2FNS/c11-7-4-5(13)3-6(10(7)14)8-1-2-9(12)15-8/h1-4H,14H2. The van der Waals surface area contributed by atoms with E-state index in [1.165, 1.54) is 23.5 Å². The first kappa shape index (κ1) is 10.7. The zero-order valence-corrected chi connectivity index (χ0v) is 9.76. The van der Waals surface area contributed by atoms with Gasteiger partial charge in [-0.25, -0.2) is 4.39 Å². The fourth-order valence-corrected chi connectivity index (χ4v) is 2.53. The molecular formula is C10H6Cl2FNS. The predicted molar refractivity (Wildman–Crippen MR) is 64.1 cm³/mol. The number of hydrogen-bond donors (Lipinski definition) is 1. The van der Waals surface area contributed by atoms with Gasteiger partial charge in [-0.3, -0.25) is 0 Å². The molecule has 1 aromatic heterocycles. The Bertz CT molecular complexity index is 510. The minimum absolute atomic E-state index is 0.217. The summed E-state index contributed by atoms with van der Waals surface area (Å²) in [5.74, 6) is -0.409. The van der Waals surface area contributed by atoms with Gasteiger partial charge >= 0.3 is 0 Å². The Kier molecular flexibility index (Phi) is 2.87. The predicted octanol–water partition coefficient (Wildman–Crippen LogP) is 4.44. The van der Waals surface area contributed by atoms with E-state index in [2.05, 4.69) is 0 Å². The molecule has 1 aromatic carbocycles. The first-order valence-electron chi connectivity index (χ1n) is 4.08. The second-order valence-corrected chi connectivity index (χ2v) is 5.07. The molecule has 0 fully saturated rings. The Morgan fingerprint density at radius 3 is 2.53 bits per heavy atom. The second-order valence-electron chi connectivity index (χ2n) is 2.95. The molecule has 78 valence electrons. The van der Waals surface area contributed by atoms with Gasteiger partial charge in [0.15, 0.2) is 0 Å². The largest absolute Gasteiger partial charge is 0.397 e. The highest BCUT2D eigenvalue weighted by Crippen LogP contribution is 2.37. The number of rotatable bonds is 1. The van der Waals surface area contributed by atoms with Crippen molar-refractivity contribution >= 4 is 40.2 Å². The molecule has 0 saturated carbocycles. The first-order chi connectivity index (χ1) is 7.08. The van der Waals surface area contributed by atoms with Crippen molar-refractivity contribution in [2.24, 2.45) is 0 Å². The summed E-state index contributed by atoms with van der Waals surface area (Å²) in [6.07, 6.45) is 0. The second kappa shape index (κ2) is 4.00. The van der Waals surface area contributed by atoms with E-state index in [-0.39, 0.29) is 5.02 Å². The summed E-state index contributed by atoms with van der Waals surface area (Å²) >= 11 is 12.9. The summed E-state index contributed by atoms with van der Waals surface area (Å²) in [6.45, 7) is 0. The number of halogens is 3. The summed E-state index contributed by atoms with van der Waals surface area (Å²) < 4.78 is 13.8. The van der Waals surface area contributed by atoms with E-state index < -0.39 is 5.82 Å². The molecule has 0 atom stereocenters. The zero-order valence-electron chi connectivity index (χ0n) is 7.43. The van der Waals surface area contributed by atoms with E-state index in [0.29, 0.717) is 15.6 Å². The molecule has 0 amide bonds. The topological polar surface area (TPSA) is 26.0 Å². The number of anilines is 1. The van der Waals surface area contributed by atoms with Crippen LogP contribution in [0.2, 0.25) is 9.36 Å². The third kappa shape index (κ3) is 2.09. The Labute approximate surface area is 100 Å². The smallest absolute Gasteiger partial charge is 0.125 e. The minimum atomic E-state index is -0.409. The first-order valence-corrected chi connectivity index (χ1v) is 5.65. The Balaban J connectivity index is 2.62. The molecule has 0 aliphatic carbocycles. The van der Waals surface area contributed by atoms with Gasteiger partial charge in [0.05, 0.1) is 15.0 Å². The van der Waals surface area contributed by atoms with E-state index in [4.69, 9.17) is 28.9 Å². The lowest BCUT2D eigenvalue weighted by Crippen LogP contribution is -1.91.